The summed E-state index contributed by atoms with van der Waals surface area (Å²) in [4.78, 5) is 4.44. The van der Waals surface area contributed by atoms with Gasteiger partial charge in [0.05, 0.1) is 12.1 Å². The van der Waals surface area contributed by atoms with Gasteiger partial charge in [-0.15, -0.1) is 0 Å². The lowest BCUT2D eigenvalue weighted by atomic mass is 10.3. The SMILES string of the molecule is COc1cc(N)cc(Sc2cc3ccccc3[nH]2)c1. The number of hydrogen-bond donors (Lipinski definition) is 2. The molecule has 0 aliphatic rings. The molecule has 0 saturated heterocycles. The summed E-state index contributed by atoms with van der Waals surface area (Å²) in [5, 5.41) is 2.30. The molecule has 19 heavy (non-hydrogen) atoms. The summed E-state index contributed by atoms with van der Waals surface area (Å²) in [5.74, 6) is 0.776. The number of nitrogens with one attached hydrogen (secondary N) is 1. The molecule has 3 aromatic rings. The highest BCUT2D eigenvalue weighted by Gasteiger charge is 2.04. The number of nitrogens with two attached hydrogens (primary N) is 1. The second-order valence-electron chi connectivity index (χ2n) is 4.26. The van der Waals surface area contributed by atoms with E-state index in [-0.39, 0.29) is 0 Å². The molecule has 0 aliphatic heterocycles. The number of H-pyrrole nitrogens is 1. The molecule has 0 amide bonds. The Kier molecular flexibility index (Phi) is 3.09. The van der Waals surface area contributed by atoms with Gasteiger partial charge in [0.2, 0.25) is 0 Å². The van der Waals surface area contributed by atoms with Crippen LogP contribution in [0, 0.1) is 0 Å². The second kappa shape index (κ2) is 4.90. The van der Waals surface area contributed by atoms with E-state index in [1.165, 1.54) is 5.39 Å². The minimum absolute atomic E-state index is 0.706. The van der Waals surface area contributed by atoms with Crippen molar-refractivity contribution in [3.63, 3.8) is 0 Å². The molecule has 2 aromatic carbocycles. The highest BCUT2D eigenvalue weighted by Crippen LogP contribution is 2.33. The van der Waals surface area contributed by atoms with Gasteiger partial charge in [-0.2, -0.15) is 0 Å². The van der Waals surface area contributed by atoms with Gasteiger partial charge < -0.3 is 15.5 Å². The van der Waals surface area contributed by atoms with Gasteiger partial charge in [0.1, 0.15) is 5.75 Å². The first-order chi connectivity index (χ1) is 9.24. The summed E-state index contributed by atoms with van der Waals surface area (Å²) in [5.41, 5.74) is 7.71. The van der Waals surface area contributed by atoms with Crippen LogP contribution in [-0.2, 0) is 0 Å². The van der Waals surface area contributed by atoms with Crippen molar-refractivity contribution >= 4 is 28.4 Å². The lowest BCUT2D eigenvalue weighted by molar-refractivity contribution is 0.414. The van der Waals surface area contributed by atoms with Crippen molar-refractivity contribution < 1.29 is 4.74 Å². The molecule has 1 heterocycles. The summed E-state index contributed by atoms with van der Waals surface area (Å²) in [6.45, 7) is 0. The fourth-order valence-corrected chi connectivity index (χ4v) is 2.97. The van der Waals surface area contributed by atoms with Gasteiger partial charge in [0, 0.05) is 27.6 Å². The number of aromatic amines is 1. The molecule has 0 bridgehead atoms. The van der Waals surface area contributed by atoms with E-state index in [2.05, 4.69) is 23.2 Å². The van der Waals surface area contributed by atoms with Crippen molar-refractivity contribution in [3.05, 3.63) is 48.5 Å². The van der Waals surface area contributed by atoms with Crippen molar-refractivity contribution in [1.82, 2.24) is 4.98 Å². The molecule has 3 N–H and O–H groups in total. The van der Waals surface area contributed by atoms with Gasteiger partial charge in [0.15, 0.2) is 0 Å². The average molecular weight is 270 g/mol. The summed E-state index contributed by atoms with van der Waals surface area (Å²) in [6.07, 6.45) is 0. The third-order valence-electron chi connectivity index (χ3n) is 2.87. The van der Waals surface area contributed by atoms with E-state index in [4.69, 9.17) is 10.5 Å². The van der Waals surface area contributed by atoms with Gasteiger partial charge in [-0.3, -0.25) is 0 Å². The highest BCUT2D eigenvalue weighted by molar-refractivity contribution is 7.99. The number of aromatic nitrogens is 1. The molecule has 96 valence electrons. The van der Waals surface area contributed by atoms with Crippen molar-refractivity contribution in [1.29, 1.82) is 0 Å². The van der Waals surface area contributed by atoms with Crippen LogP contribution < -0.4 is 10.5 Å². The fraction of sp³-hybridized carbons (Fsp3) is 0.0667. The molecule has 0 spiro atoms. The monoisotopic (exact) mass is 270 g/mol. The van der Waals surface area contributed by atoms with Crippen LogP contribution in [0.4, 0.5) is 5.69 Å². The predicted molar refractivity (Wildman–Crippen MR) is 79.8 cm³/mol. The molecule has 0 fully saturated rings. The van der Waals surface area contributed by atoms with Crippen LogP contribution in [-0.4, -0.2) is 12.1 Å². The first-order valence-corrected chi connectivity index (χ1v) is 6.76. The smallest absolute Gasteiger partial charge is 0.122 e. The van der Waals surface area contributed by atoms with Gasteiger partial charge in [-0.1, -0.05) is 30.0 Å². The van der Waals surface area contributed by atoms with Crippen LogP contribution in [0.2, 0.25) is 0 Å². The number of hydrogen-bond acceptors (Lipinski definition) is 3. The van der Waals surface area contributed by atoms with Crippen molar-refractivity contribution in [2.24, 2.45) is 0 Å². The Bertz CT molecular complexity index is 688. The molecule has 0 unspecified atom stereocenters. The molecular formula is C15H14N2OS. The van der Waals surface area contributed by atoms with Gasteiger partial charge >= 0.3 is 0 Å². The van der Waals surface area contributed by atoms with Gasteiger partial charge in [-0.05, 0) is 24.3 Å². The Hall–Kier alpha value is -2.07. The molecule has 3 rings (SSSR count). The van der Waals surface area contributed by atoms with Crippen LogP contribution >= 0.6 is 11.8 Å². The van der Waals surface area contributed by atoms with E-state index in [0.717, 1.165) is 21.2 Å². The Morgan fingerprint density at radius 3 is 2.74 bits per heavy atom. The maximum absolute atomic E-state index is 5.86. The standard InChI is InChI=1S/C15H14N2OS/c1-18-12-7-11(16)8-13(9-12)19-15-6-10-4-2-3-5-14(10)17-15/h2-9,17H,16H2,1H3. The Balaban J connectivity index is 1.94. The minimum Gasteiger partial charge on any atom is -0.497 e. The average Bonchev–Trinajstić information content (AvgIpc) is 2.80. The summed E-state index contributed by atoms with van der Waals surface area (Å²) >= 11 is 1.64. The molecule has 0 atom stereocenters. The van der Waals surface area contributed by atoms with Crippen LogP contribution in [0.5, 0.6) is 5.75 Å². The Labute approximate surface area is 115 Å². The second-order valence-corrected chi connectivity index (χ2v) is 5.38. The lowest BCUT2D eigenvalue weighted by Gasteiger charge is -2.05. The van der Waals surface area contributed by atoms with E-state index in [1.54, 1.807) is 18.9 Å². The third-order valence-corrected chi connectivity index (χ3v) is 3.78. The number of nitrogen functional groups attached to an aromatic ring is 1. The minimum atomic E-state index is 0.706. The fourth-order valence-electron chi connectivity index (χ4n) is 2.00. The van der Waals surface area contributed by atoms with Crippen LogP contribution in [0.15, 0.2) is 58.5 Å². The van der Waals surface area contributed by atoms with Crippen molar-refractivity contribution in [2.45, 2.75) is 9.92 Å². The largest absolute Gasteiger partial charge is 0.497 e. The Morgan fingerprint density at radius 2 is 1.95 bits per heavy atom. The van der Waals surface area contributed by atoms with E-state index in [1.807, 2.05) is 30.3 Å². The Morgan fingerprint density at radius 1 is 1.11 bits per heavy atom. The number of rotatable bonds is 3. The zero-order chi connectivity index (χ0) is 13.2. The topological polar surface area (TPSA) is 51.0 Å². The number of benzene rings is 2. The number of fused-ring (bicyclic) bond motifs is 1. The number of para-hydroxylation sites is 1. The van der Waals surface area contributed by atoms with Crippen LogP contribution in [0.1, 0.15) is 0 Å². The molecule has 3 nitrogen and oxygen atoms in total. The maximum Gasteiger partial charge on any atom is 0.122 e. The first-order valence-electron chi connectivity index (χ1n) is 5.95. The van der Waals surface area contributed by atoms with E-state index < -0.39 is 0 Å². The number of methoxy groups -OCH3 is 1. The zero-order valence-corrected chi connectivity index (χ0v) is 11.3. The lowest BCUT2D eigenvalue weighted by Crippen LogP contribution is -1.89. The number of ether oxygens (including phenoxy) is 1. The molecule has 0 saturated carbocycles. The van der Waals surface area contributed by atoms with Crippen LogP contribution in [0.3, 0.4) is 0 Å². The van der Waals surface area contributed by atoms with Gasteiger partial charge in [-0.25, -0.2) is 0 Å². The molecule has 1 aromatic heterocycles. The first kappa shape index (κ1) is 12.0. The van der Waals surface area contributed by atoms with Crippen LogP contribution in [0.25, 0.3) is 10.9 Å². The zero-order valence-electron chi connectivity index (χ0n) is 10.5. The molecule has 4 heteroatoms. The summed E-state index contributed by atoms with van der Waals surface area (Å²) in [6, 6.07) is 16.1. The van der Waals surface area contributed by atoms with Crippen molar-refractivity contribution in [2.75, 3.05) is 12.8 Å². The van der Waals surface area contributed by atoms with E-state index >= 15 is 0 Å². The third kappa shape index (κ3) is 2.53. The summed E-state index contributed by atoms with van der Waals surface area (Å²) < 4.78 is 5.23. The summed E-state index contributed by atoms with van der Waals surface area (Å²) in [7, 11) is 1.64. The normalized spacial score (nSPS) is 10.8. The molecular weight excluding hydrogens is 256 g/mol. The molecule has 0 radical (unpaired) electrons. The quantitative estimate of drug-likeness (QED) is 0.709. The highest BCUT2D eigenvalue weighted by atomic mass is 32.2. The number of anilines is 1. The van der Waals surface area contributed by atoms with E-state index in [0.29, 0.717) is 5.69 Å². The molecule has 0 aliphatic carbocycles. The van der Waals surface area contributed by atoms with Crippen molar-refractivity contribution in [3.8, 4) is 5.75 Å². The predicted octanol–water partition coefficient (Wildman–Crippen LogP) is 3.91. The van der Waals surface area contributed by atoms with Gasteiger partial charge in [0.25, 0.3) is 0 Å². The van der Waals surface area contributed by atoms with E-state index in [9.17, 15) is 0 Å². The maximum atomic E-state index is 5.86.